The summed E-state index contributed by atoms with van der Waals surface area (Å²) >= 11 is 0. The van der Waals surface area contributed by atoms with E-state index in [4.69, 9.17) is 0 Å². The molecule has 0 amide bonds. The zero-order valence-corrected chi connectivity index (χ0v) is 27.3. The molecule has 10 heteroatoms. The second-order valence-corrected chi connectivity index (χ2v) is 11.4. The summed E-state index contributed by atoms with van der Waals surface area (Å²) in [7, 11) is 0. The molecule has 0 saturated carbocycles. The minimum absolute atomic E-state index is 0.872. The maximum absolute atomic E-state index is 4.63. The van der Waals surface area contributed by atoms with Crippen molar-refractivity contribution in [3.63, 3.8) is 0 Å². The van der Waals surface area contributed by atoms with Crippen LogP contribution < -0.4 is 18.9 Å². The zero-order valence-electron chi connectivity index (χ0n) is 27.3. The lowest BCUT2D eigenvalue weighted by atomic mass is 10.1. The third kappa shape index (κ3) is 6.90. The van der Waals surface area contributed by atoms with Gasteiger partial charge in [-0.25, -0.2) is 18.3 Å². The van der Waals surface area contributed by atoms with E-state index >= 15 is 0 Å². The van der Waals surface area contributed by atoms with Crippen LogP contribution in [0.3, 0.4) is 0 Å². The van der Waals surface area contributed by atoms with Gasteiger partial charge in [0.2, 0.25) is 0 Å². The number of hydrogen-bond donors (Lipinski definition) is 0. The molecule has 232 valence electrons. The van der Waals surface area contributed by atoms with E-state index in [1.807, 2.05) is 0 Å². The van der Waals surface area contributed by atoms with E-state index in [1.165, 1.54) is 11.4 Å². The number of rotatable bonds is 10. The van der Waals surface area contributed by atoms with Gasteiger partial charge in [-0.15, -0.1) is 0 Å². The molecule has 2 aromatic carbocycles. The fraction of sp³-hybridized carbons (Fsp3) is 0.471. The Morgan fingerprint density at radius 3 is 1.34 bits per heavy atom. The molecule has 0 aliphatic carbocycles. The number of aromatic nitrogens is 4. The maximum atomic E-state index is 4.63. The van der Waals surface area contributed by atoms with E-state index < -0.39 is 0 Å². The highest BCUT2D eigenvalue weighted by atomic mass is 15.3. The molecule has 10 nitrogen and oxygen atoms in total. The van der Waals surface area contributed by atoms with Crippen molar-refractivity contribution in [2.24, 2.45) is 20.5 Å². The van der Waals surface area contributed by atoms with Crippen molar-refractivity contribution in [3.05, 3.63) is 72.3 Å². The van der Waals surface area contributed by atoms with Crippen LogP contribution in [-0.4, -0.2) is 35.3 Å². The van der Waals surface area contributed by atoms with Crippen molar-refractivity contribution in [1.82, 2.24) is 9.13 Å². The van der Waals surface area contributed by atoms with Gasteiger partial charge >= 0.3 is 11.9 Å². The molecule has 0 spiro atoms. The molecule has 5 rings (SSSR count). The van der Waals surface area contributed by atoms with Crippen LogP contribution in [0.2, 0.25) is 0 Å². The van der Waals surface area contributed by atoms with E-state index in [2.05, 4.69) is 151 Å². The molecule has 0 unspecified atom stereocenters. The van der Waals surface area contributed by atoms with Crippen LogP contribution >= 0.6 is 0 Å². The highest BCUT2D eigenvalue weighted by molar-refractivity contribution is 5.59. The molecule has 0 atom stereocenters. The van der Waals surface area contributed by atoms with Crippen LogP contribution in [0.4, 0.5) is 34.6 Å². The van der Waals surface area contributed by atoms with E-state index in [0.29, 0.717) is 0 Å². The number of imidazole rings is 2. The van der Waals surface area contributed by atoms with Crippen molar-refractivity contribution in [2.75, 3.05) is 36.0 Å². The first-order valence-corrected chi connectivity index (χ1v) is 16.2. The Balaban J connectivity index is 1.21. The summed E-state index contributed by atoms with van der Waals surface area (Å²) in [5, 5.41) is 18.5. The Hall–Kier alpha value is -4.34. The molecule has 0 bridgehead atoms. The molecule has 1 fully saturated rings. The summed E-state index contributed by atoms with van der Waals surface area (Å²) < 4.78 is 8.48. The van der Waals surface area contributed by atoms with Gasteiger partial charge in [-0.3, -0.25) is 0 Å². The lowest BCUT2D eigenvalue weighted by molar-refractivity contribution is -0.680. The van der Waals surface area contributed by atoms with Crippen molar-refractivity contribution in [3.8, 4) is 0 Å². The Bertz CT molecular complexity index is 1440. The first-order chi connectivity index (χ1) is 21.4. The van der Waals surface area contributed by atoms with E-state index in [9.17, 15) is 0 Å². The number of hydrogen-bond acceptors (Lipinski definition) is 6. The average molecular weight is 597 g/mol. The summed E-state index contributed by atoms with van der Waals surface area (Å²) in [4.78, 5) is 5.03. The highest BCUT2D eigenvalue weighted by Crippen LogP contribution is 2.29. The minimum Gasteiger partial charge on any atom is -0.371 e. The first kappa shape index (κ1) is 31.1. The Labute approximate surface area is 262 Å². The molecule has 3 heterocycles. The fourth-order valence-electron chi connectivity index (χ4n) is 5.87. The number of benzene rings is 2. The van der Waals surface area contributed by atoms with Crippen molar-refractivity contribution in [2.45, 2.75) is 80.6 Å². The van der Waals surface area contributed by atoms with E-state index in [-0.39, 0.29) is 0 Å². The van der Waals surface area contributed by atoms with E-state index in [1.54, 1.807) is 0 Å². The quantitative estimate of drug-likeness (QED) is 0.140. The second kappa shape index (κ2) is 14.4. The highest BCUT2D eigenvalue weighted by Gasteiger charge is 2.18. The molecule has 1 aliphatic rings. The summed E-state index contributed by atoms with van der Waals surface area (Å²) in [5.74, 6) is 1.77. The topological polar surface area (TPSA) is 73.5 Å². The number of nitrogens with zero attached hydrogens (tertiary/aromatic N) is 10. The van der Waals surface area contributed by atoms with Crippen LogP contribution in [-0.2, 0) is 26.2 Å². The van der Waals surface area contributed by atoms with Crippen LogP contribution in [0.1, 0.15) is 51.7 Å². The largest absolute Gasteiger partial charge is 0.421 e. The predicted molar refractivity (Wildman–Crippen MR) is 176 cm³/mol. The van der Waals surface area contributed by atoms with Crippen LogP contribution in [0.15, 0.2) is 81.6 Å². The van der Waals surface area contributed by atoms with Gasteiger partial charge in [0, 0.05) is 47.8 Å². The summed E-state index contributed by atoms with van der Waals surface area (Å²) in [5.41, 5.74) is 6.65. The minimum atomic E-state index is 0.872. The van der Waals surface area contributed by atoms with Gasteiger partial charge in [0.05, 0.1) is 51.0 Å². The molecule has 1 aliphatic heterocycles. The third-order valence-corrected chi connectivity index (χ3v) is 8.54. The SMILES string of the molecule is CCn1cc[n+](CC)c1N=Nc1ccc(N2CCCN(c3ccc(N=Nc4n(CC)cc[n+]4CC)c(C)c3)CCC2)cc1C. The molecular formula is C34H48N10+2. The molecule has 0 N–H and O–H groups in total. The zero-order chi connectivity index (χ0) is 31.1. The standard InChI is InChI=1S/C34H48N10/c1-7-39-21-22-40(8-2)33(39)37-35-31-15-13-29(25-27(31)5)43-17-11-19-44(20-12-18-43)30-14-16-32(28(6)26-30)36-38-34-41(9-3)23-24-42(34)10-4/h13-16,21-26H,7-12,17-20H2,1-6H3/q+2. The van der Waals surface area contributed by atoms with Gasteiger partial charge in [-0.05, 0) is 102 Å². The predicted octanol–water partition coefficient (Wildman–Crippen LogP) is 7.50. The van der Waals surface area contributed by atoms with Gasteiger partial charge < -0.3 is 9.80 Å². The molecule has 44 heavy (non-hydrogen) atoms. The Morgan fingerprint density at radius 1 is 0.591 bits per heavy atom. The van der Waals surface area contributed by atoms with Gasteiger partial charge in [0.1, 0.15) is 11.4 Å². The van der Waals surface area contributed by atoms with Crippen LogP contribution in [0.25, 0.3) is 0 Å². The summed E-state index contributed by atoms with van der Waals surface area (Å²) in [6.45, 7) is 20.4. The number of anilines is 2. The molecule has 2 aromatic heterocycles. The van der Waals surface area contributed by atoms with Crippen LogP contribution in [0.5, 0.6) is 0 Å². The number of azo groups is 2. The molecular weight excluding hydrogens is 548 g/mol. The second-order valence-electron chi connectivity index (χ2n) is 11.4. The third-order valence-electron chi connectivity index (χ3n) is 8.54. The summed E-state index contributed by atoms with van der Waals surface area (Å²) in [6.07, 6.45) is 10.4. The lowest BCUT2D eigenvalue weighted by Gasteiger charge is -2.33. The Kier molecular flexibility index (Phi) is 10.2. The maximum Gasteiger partial charge on any atom is 0.421 e. The average Bonchev–Trinajstić information content (AvgIpc) is 3.62. The molecule has 1 saturated heterocycles. The van der Waals surface area contributed by atoms with E-state index in [0.717, 1.165) is 99.6 Å². The van der Waals surface area contributed by atoms with Crippen molar-refractivity contribution < 1.29 is 9.13 Å². The molecule has 0 radical (unpaired) electrons. The lowest BCUT2D eigenvalue weighted by Crippen LogP contribution is -2.36. The van der Waals surface area contributed by atoms with Gasteiger partial charge in [0.25, 0.3) is 0 Å². The Morgan fingerprint density at radius 2 is 1.00 bits per heavy atom. The van der Waals surface area contributed by atoms with Gasteiger partial charge in [-0.1, -0.05) is 10.2 Å². The number of aryl methyl sites for hydroxylation is 6. The van der Waals surface area contributed by atoms with Crippen molar-refractivity contribution in [1.29, 1.82) is 0 Å². The normalized spacial score (nSPS) is 14.6. The van der Waals surface area contributed by atoms with Gasteiger partial charge in [-0.2, -0.15) is 0 Å². The summed E-state index contributed by atoms with van der Waals surface area (Å²) in [6, 6.07) is 13.1. The smallest absolute Gasteiger partial charge is 0.371 e. The van der Waals surface area contributed by atoms with Crippen molar-refractivity contribution >= 4 is 34.6 Å². The molecule has 4 aromatic rings. The first-order valence-electron chi connectivity index (χ1n) is 16.2. The fourth-order valence-corrected chi connectivity index (χ4v) is 5.87. The van der Waals surface area contributed by atoms with Gasteiger partial charge in [0.15, 0.2) is 0 Å². The monoisotopic (exact) mass is 596 g/mol. The van der Waals surface area contributed by atoms with Crippen LogP contribution in [0, 0.1) is 13.8 Å².